The summed E-state index contributed by atoms with van der Waals surface area (Å²) in [6.07, 6.45) is 1.40. The van der Waals surface area contributed by atoms with Crippen LogP contribution in [-0.2, 0) is 27.3 Å². The van der Waals surface area contributed by atoms with Gasteiger partial charge in [0.15, 0.2) is 5.13 Å². The van der Waals surface area contributed by atoms with Crippen LogP contribution in [0, 0.1) is 11.8 Å². The van der Waals surface area contributed by atoms with Gasteiger partial charge in [-0.15, -0.1) is 0 Å². The Balaban J connectivity index is 1.37. The number of ether oxygens (including phenoxy) is 1. The van der Waals surface area contributed by atoms with Gasteiger partial charge < -0.3 is 19.9 Å². The summed E-state index contributed by atoms with van der Waals surface area (Å²) in [4.78, 5) is 46.8. The van der Waals surface area contributed by atoms with Crippen LogP contribution in [-0.4, -0.2) is 47.8 Å². The first kappa shape index (κ1) is 22.3. The summed E-state index contributed by atoms with van der Waals surface area (Å²) in [7, 11) is 1.59. The molecule has 3 heterocycles. The second-order valence-corrected chi connectivity index (χ2v) is 9.73. The SMILES string of the molecule is COc1ccc(N2CC(C(=O)Nc3nc4c(s3)CN(C(=O)CC(C)C)CC4)CC2=O)cc1. The number of nitrogens with zero attached hydrogens (tertiary/aromatic N) is 3. The molecule has 4 rings (SSSR count). The van der Waals surface area contributed by atoms with Crippen molar-refractivity contribution >= 4 is 39.9 Å². The predicted octanol–water partition coefficient (Wildman–Crippen LogP) is 3.07. The second-order valence-electron chi connectivity index (χ2n) is 8.64. The van der Waals surface area contributed by atoms with E-state index in [1.165, 1.54) is 11.3 Å². The summed E-state index contributed by atoms with van der Waals surface area (Å²) >= 11 is 1.42. The summed E-state index contributed by atoms with van der Waals surface area (Å²) in [5, 5.41) is 3.43. The highest BCUT2D eigenvalue weighted by molar-refractivity contribution is 7.15. The molecule has 2 aliphatic rings. The van der Waals surface area contributed by atoms with Gasteiger partial charge in [-0.1, -0.05) is 25.2 Å². The van der Waals surface area contributed by atoms with Crippen molar-refractivity contribution in [2.45, 2.75) is 39.7 Å². The van der Waals surface area contributed by atoms with Gasteiger partial charge in [0.2, 0.25) is 17.7 Å². The minimum atomic E-state index is -0.436. The zero-order valence-electron chi connectivity index (χ0n) is 18.6. The Bertz CT molecular complexity index is 1020. The van der Waals surface area contributed by atoms with E-state index in [1.807, 2.05) is 30.9 Å². The fourth-order valence-corrected chi connectivity index (χ4v) is 5.07. The van der Waals surface area contributed by atoms with Gasteiger partial charge in [0, 0.05) is 42.9 Å². The van der Waals surface area contributed by atoms with Crippen LogP contribution in [0.3, 0.4) is 0 Å². The summed E-state index contributed by atoms with van der Waals surface area (Å²) in [5.41, 5.74) is 1.70. The lowest BCUT2D eigenvalue weighted by molar-refractivity contribution is -0.132. The average Bonchev–Trinajstić information content (AvgIpc) is 3.35. The van der Waals surface area contributed by atoms with Gasteiger partial charge in [-0.2, -0.15) is 0 Å². The molecule has 0 aliphatic carbocycles. The number of benzene rings is 1. The molecule has 32 heavy (non-hydrogen) atoms. The highest BCUT2D eigenvalue weighted by atomic mass is 32.1. The van der Waals surface area contributed by atoms with Crippen molar-refractivity contribution in [3.8, 4) is 5.75 Å². The Hall–Kier alpha value is -2.94. The van der Waals surface area contributed by atoms with Gasteiger partial charge in [0.25, 0.3) is 0 Å². The van der Waals surface area contributed by atoms with Gasteiger partial charge >= 0.3 is 0 Å². The van der Waals surface area contributed by atoms with Crippen molar-refractivity contribution in [3.05, 3.63) is 34.8 Å². The normalized spacial score (nSPS) is 18.1. The zero-order chi connectivity index (χ0) is 22.8. The van der Waals surface area contributed by atoms with Gasteiger partial charge in [-0.05, 0) is 30.2 Å². The summed E-state index contributed by atoms with van der Waals surface area (Å²) < 4.78 is 5.16. The third kappa shape index (κ3) is 4.77. The number of nitrogens with one attached hydrogen (secondary N) is 1. The van der Waals surface area contributed by atoms with Crippen molar-refractivity contribution in [1.29, 1.82) is 0 Å². The molecule has 1 saturated heterocycles. The molecule has 9 heteroatoms. The minimum Gasteiger partial charge on any atom is -0.497 e. The Kier molecular flexibility index (Phi) is 6.45. The van der Waals surface area contributed by atoms with Crippen molar-refractivity contribution in [2.75, 3.05) is 30.4 Å². The molecule has 1 aromatic carbocycles. The highest BCUT2D eigenvalue weighted by Crippen LogP contribution is 2.31. The summed E-state index contributed by atoms with van der Waals surface area (Å²) in [6.45, 7) is 5.61. The number of methoxy groups -OCH3 is 1. The molecular formula is C23H28N4O4S. The molecular weight excluding hydrogens is 428 g/mol. The lowest BCUT2D eigenvalue weighted by atomic mass is 10.1. The first-order valence-electron chi connectivity index (χ1n) is 10.9. The molecule has 0 saturated carbocycles. The van der Waals surface area contributed by atoms with Crippen LogP contribution < -0.4 is 15.0 Å². The fourth-order valence-electron chi connectivity index (χ4n) is 4.04. The quantitative estimate of drug-likeness (QED) is 0.721. The van der Waals surface area contributed by atoms with Crippen molar-refractivity contribution in [3.63, 3.8) is 0 Å². The molecule has 1 unspecified atom stereocenters. The first-order chi connectivity index (χ1) is 15.3. The number of fused-ring (bicyclic) bond motifs is 1. The highest BCUT2D eigenvalue weighted by Gasteiger charge is 2.36. The second kappa shape index (κ2) is 9.28. The maximum absolute atomic E-state index is 12.8. The number of hydrogen-bond donors (Lipinski definition) is 1. The Labute approximate surface area is 191 Å². The van der Waals surface area contributed by atoms with Gasteiger partial charge in [0.1, 0.15) is 5.75 Å². The van der Waals surface area contributed by atoms with E-state index in [9.17, 15) is 14.4 Å². The van der Waals surface area contributed by atoms with E-state index in [2.05, 4.69) is 10.3 Å². The fraction of sp³-hybridized carbons (Fsp3) is 0.478. The molecule has 0 spiro atoms. The number of aromatic nitrogens is 1. The van der Waals surface area contributed by atoms with Crippen LogP contribution in [0.4, 0.5) is 10.8 Å². The average molecular weight is 457 g/mol. The van der Waals surface area contributed by atoms with Crippen LogP contribution in [0.25, 0.3) is 0 Å². The van der Waals surface area contributed by atoms with E-state index in [4.69, 9.17) is 4.74 Å². The number of carbonyl (C=O) groups excluding carboxylic acids is 3. The van der Waals surface area contributed by atoms with Crippen molar-refractivity contribution in [1.82, 2.24) is 9.88 Å². The van der Waals surface area contributed by atoms with Crippen molar-refractivity contribution < 1.29 is 19.1 Å². The van der Waals surface area contributed by atoms with Crippen LogP contribution >= 0.6 is 11.3 Å². The first-order valence-corrected chi connectivity index (χ1v) is 11.7. The van der Waals surface area contributed by atoms with Gasteiger partial charge in [-0.3, -0.25) is 14.4 Å². The van der Waals surface area contributed by atoms with E-state index < -0.39 is 5.92 Å². The zero-order valence-corrected chi connectivity index (χ0v) is 19.4. The number of amides is 3. The topological polar surface area (TPSA) is 91.8 Å². The molecule has 0 radical (unpaired) electrons. The third-order valence-electron chi connectivity index (χ3n) is 5.78. The van der Waals surface area contributed by atoms with Crippen molar-refractivity contribution in [2.24, 2.45) is 11.8 Å². The number of carbonyl (C=O) groups is 3. The molecule has 0 bridgehead atoms. The minimum absolute atomic E-state index is 0.0759. The molecule has 2 aromatic rings. The standard InChI is InChI=1S/C23H28N4O4S/c1-14(2)10-20(28)26-9-8-18-19(13-26)32-23(24-18)25-22(30)15-11-21(29)27(12-15)16-4-6-17(31-3)7-5-16/h4-7,14-15H,8-13H2,1-3H3,(H,24,25,30). The molecule has 1 atom stereocenters. The van der Waals surface area contributed by atoms with Crippen LogP contribution in [0.15, 0.2) is 24.3 Å². The number of rotatable bonds is 6. The maximum Gasteiger partial charge on any atom is 0.231 e. The van der Waals surface area contributed by atoms with E-state index in [-0.39, 0.29) is 24.1 Å². The predicted molar refractivity (Wildman–Crippen MR) is 123 cm³/mol. The van der Waals surface area contributed by atoms with Gasteiger partial charge in [-0.25, -0.2) is 4.98 Å². The lowest BCUT2D eigenvalue weighted by Gasteiger charge is -2.26. The Morgan fingerprint density at radius 3 is 2.72 bits per heavy atom. The molecule has 1 N–H and O–H groups in total. The molecule has 1 fully saturated rings. The lowest BCUT2D eigenvalue weighted by Crippen LogP contribution is -2.36. The number of anilines is 2. The Morgan fingerprint density at radius 2 is 2.03 bits per heavy atom. The van der Waals surface area contributed by atoms with Gasteiger partial charge in [0.05, 0.1) is 25.3 Å². The van der Waals surface area contributed by atoms with Crippen LogP contribution in [0.5, 0.6) is 5.75 Å². The Morgan fingerprint density at radius 1 is 1.28 bits per heavy atom. The molecule has 1 aromatic heterocycles. The number of hydrogen-bond acceptors (Lipinski definition) is 6. The maximum atomic E-state index is 12.8. The smallest absolute Gasteiger partial charge is 0.231 e. The molecule has 2 aliphatic heterocycles. The summed E-state index contributed by atoms with van der Waals surface area (Å²) in [6, 6.07) is 7.23. The molecule has 170 valence electrons. The summed E-state index contributed by atoms with van der Waals surface area (Å²) in [5.74, 6) is 0.488. The van der Waals surface area contributed by atoms with E-state index in [0.717, 1.165) is 16.3 Å². The largest absolute Gasteiger partial charge is 0.497 e. The van der Waals surface area contributed by atoms with E-state index in [1.54, 1.807) is 24.1 Å². The third-order valence-corrected chi connectivity index (χ3v) is 6.77. The molecule has 8 nitrogen and oxygen atoms in total. The molecule has 3 amide bonds. The van der Waals surface area contributed by atoms with Crippen LogP contribution in [0.1, 0.15) is 37.3 Å². The number of thiazole rings is 1. The van der Waals surface area contributed by atoms with E-state index >= 15 is 0 Å². The van der Waals surface area contributed by atoms with E-state index in [0.29, 0.717) is 49.3 Å². The van der Waals surface area contributed by atoms with Crippen LogP contribution in [0.2, 0.25) is 0 Å². The monoisotopic (exact) mass is 456 g/mol.